The Bertz CT molecular complexity index is 843. The molecule has 1 heterocycles. The minimum atomic E-state index is 0.0152. The molecule has 0 saturated heterocycles. The highest BCUT2D eigenvalue weighted by atomic mass is 16.2. The number of aromatic nitrogens is 2. The van der Waals surface area contributed by atoms with Gasteiger partial charge in [-0.2, -0.15) is 0 Å². The first-order valence-electron chi connectivity index (χ1n) is 7.81. The van der Waals surface area contributed by atoms with Gasteiger partial charge >= 0.3 is 0 Å². The molecular formula is C18H21N5O. The number of fused-ring (bicyclic) bond motifs is 1. The number of benzene rings is 2. The highest BCUT2D eigenvalue weighted by Gasteiger charge is 2.13. The minimum Gasteiger partial charge on any atom is -0.399 e. The number of nitrogen functional groups attached to an aromatic ring is 1. The molecule has 6 heteroatoms. The highest BCUT2D eigenvalue weighted by Crippen LogP contribution is 2.18. The molecule has 3 aromatic rings. The van der Waals surface area contributed by atoms with Gasteiger partial charge in [0, 0.05) is 38.4 Å². The summed E-state index contributed by atoms with van der Waals surface area (Å²) in [6.07, 6.45) is 0. The second-order valence-corrected chi connectivity index (χ2v) is 5.85. The molecule has 0 bridgehead atoms. The lowest BCUT2D eigenvalue weighted by Gasteiger charge is -2.22. The summed E-state index contributed by atoms with van der Waals surface area (Å²) >= 11 is 0. The molecule has 3 N–H and O–H groups in total. The molecule has 6 nitrogen and oxygen atoms in total. The van der Waals surface area contributed by atoms with Crippen molar-refractivity contribution >= 4 is 28.6 Å². The fraction of sp³-hybridized carbons (Fsp3) is 0.222. The summed E-state index contributed by atoms with van der Waals surface area (Å²) in [5.41, 5.74) is 8.95. The van der Waals surface area contributed by atoms with Crippen LogP contribution in [-0.4, -0.2) is 48.0 Å². The first-order chi connectivity index (χ1) is 11.5. The van der Waals surface area contributed by atoms with E-state index in [4.69, 9.17) is 5.73 Å². The monoisotopic (exact) mass is 323 g/mol. The number of nitrogens with one attached hydrogen (secondary N) is 1. The fourth-order valence-corrected chi connectivity index (χ4v) is 2.50. The van der Waals surface area contributed by atoms with E-state index in [0.29, 0.717) is 24.3 Å². The molecule has 1 aromatic heterocycles. The van der Waals surface area contributed by atoms with Crippen LogP contribution in [-0.2, 0) is 0 Å². The average molecular weight is 323 g/mol. The molecule has 3 rings (SSSR count). The summed E-state index contributed by atoms with van der Waals surface area (Å²) in [7, 11) is 3.75. The molecule has 2 aromatic carbocycles. The van der Waals surface area contributed by atoms with E-state index in [-0.39, 0.29) is 5.91 Å². The third-order valence-electron chi connectivity index (χ3n) is 3.99. The van der Waals surface area contributed by atoms with Gasteiger partial charge in [0.25, 0.3) is 5.91 Å². The van der Waals surface area contributed by atoms with Crippen molar-refractivity contribution in [1.82, 2.24) is 14.9 Å². The van der Waals surface area contributed by atoms with E-state index in [1.165, 1.54) is 0 Å². The summed E-state index contributed by atoms with van der Waals surface area (Å²) in [5, 5.41) is 0. The fourth-order valence-electron chi connectivity index (χ4n) is 2.50. The zero-order chi connectivity index (χ0) is 17.1. The molecule has 0 radical (unpaired) electrons. The zero-order valence-corrected chi connectivity index (χ0v) is 13.9. The normalized spacial score (nSPS) is 10.8. The van der Waals surface area contributed by atoms with E-state index in [2.05, 4.69) is 9.97 Å². The van der Waals surface area contributed by atoms with Crippen molar-refractivity contribution in [2.45, 2.75) is 0 Å². The van der Waals surface area contributed by atoms with Gasteiger partial charge in [-0.3, -0.25) is 4.79 Å². The van der Waals surface area contributed by atoms with E-state index < -0.39 is 0 Å². The lowest BCUT2D eigenvalue weighted by Crippen LogP contribution is -2.35. The number of likely N-dealkylation sites (N-methyl/N-ethyl adjacent to an activating group) is 2. The predicted octanol–water partition coefficient (Wildman–Crippen LogP) is 2.35. The van der Waals surface area contributed by atoms with Gasteiger partial charge in [0.1, 0.15) is 0 Å². The van der Waals surface area contributed by atoms with Gasteiger partial charge < -0.3 is 20.5 Å². The van der Waals surface area contributed by atoms with Crippen LogP contribution in [0.2, 0.25) is 0 Å². The minimum absolute atomic E-state index is 0.0152. The number of carbonyl (C=O) groups is 1. The first-order valence-corrected chi connectivity index (χ1v) is 7.81. The van der Waals surface area contributed by atoms with Crippen molar-refractivity contribution in [3.05, 3.63) is 54.1 Å². The van der Waals surface area contributed by atoms with Crippen LogP contribution in [0.3, 0.4) is 0 Å². The van der Waals surface area contributed by atoms with Gasteiger partial charge in [0.05, 0.1) is 11.0 Å². The van der Waals surface area contributed by atoms with Gasteiger partial charge in [-0.25, -0.2) is 4.98 Å². The van der Waals surface area contributed by atoms with Crippen LogP contribution in [0.1, 0.15) is 10.4 Å². The zero-order valence-electron chi connectivity index (χ0n) is 13.9. The SMILES string of the molecule is CN(CCN(C)c1nc2cc(N)ccc2[nH]1)C(=O)c1ccccc1. The Morgan fingerprint density at radius 1 is 1.12 bits per heavy atom. The average Bonchev–Trinajstić information content (AvgIpc) is 3.02. The molecular weight excluding hydrogens is 302 g/mol. The number of H-pyrrole nitrogens is 1. The molecule has 0 aliphatic carbocycles. The molecule has 0 atom stereocenters. The van der Waals surface area contributed by atoms with Gasteiger partial charge in [-0.15, -0.1) is 0 Å². The maximum Gasteiger partial charge on any atom is 0.253 e. The van der Waals surface area contributed by atoms with Crippen molar-refractivity contribution in [2.75, 3.05) is 37.8 Å². The van der Waals surface area contributed by atoms with Crippen molar-refractivity contribution < 1.29 is 4.79 Å². The Labute approximate surface area is 140 Å². The largest absolute Gasteiger partial charge is 0.399 e. The lowest BCUT2D eigenvalue weighted by molar-refractivity contribution is 0.0798. The number of nitrogens with zero attached hydrogens (tertiary/aromatic N) is 3. The summed E-state index contributed by atoms with van der Waals surface area (Å²) in [6, 6.07) is 14.9. The van der Waals surface area contributed by atoms with E-state index in [1.807, 2.05) is 67.5 Å². The van der Waals surface area contributed by atoms with Crippen LogP contribution >= 0.6 is 0 Å². The standard InChI is InChI=1S/C18H21N5O/c1-22(17(24)13-6-4-3-5-7-13)10-11-23(2)18-20-15-9-8-14(19)12-16(15)21-18/h3-9,12H,10-11,19H2,1-2H3,(H,20,21). The Balaban J connectivity index is 1.63. The number of hydrogen-bond acceptors (Lipinski definition) is 4. The van der Waals surface area contributed by atoms with Gasteiger partial charge in [-0.05, 0) is 30.3 Å². The van der Waals surface area contributed by atoms with Crippen molar-refractivity contribution in [2.24, 2.45) is 0 Å². The number of rotatable bonds is 5. The van der Waals surface area contributed by atoms with Crippen LogP contribution in [0.4, 0.5) is 11.6 Å². The van der Waals surface area contributed by atoms with Crippen molar-refractivity contribution in [3.63, 3.8) is 0 Å². The lowest BCUT2D eigenvalue weighted by atomic mass is 10.2. The van der Waals surface area contributed by atoms with E-state index >= 15 is 0 Å². The Morgan fingerprint density at radius 3 is 2.62 bits per heavy atom. The molecule has 0 fully saturated rings. The third kappa shape index (κ3) is 3.32. The molecule has 124 valence electrons. The van der Waals surface area contributed by atoms with Crippen LogP contribution in [0.15, 0.2) is 48.5 Å². The highest BCUT2D eigenvalue weighted by molar-refractivity contribution is 5.94. The Kier molecular flexibility index (Phi) is 4.37. The number of anilines is 2. The van der Waals surface area contributed by atoms with Crippen LogP contribution < -0.4 is 10.6 Å². The number of carbonyl (C=O) groups excluding carboxylic acids is 1. The summed E-state index contributed by atoms with van der Waals surface area (Å²) in [6.45, 7) is 1.27. The number of hydrogen-bond donors (Lipinski definition) is 2. The van der Waals surface area contributed by atoms with Gasteiger partial charge in [0.2, 0.25) is 5.95 Å². The van der Waals surface area contributed by atoms with Gasteiger partial charge in [0.15, 0.2) is 0 Å². The molecule has 0 spiro atoms. The Hall–Kier alpha value is -3.02. The topological polar surface area (TPSA) is 78.2 Å². The summed E-state index contributed by atoms with van der Waals surface area (Å²) < 4.78 is 0. The smallest absolute Gasteiger partial charge is 0.253 e. The number of imidazole rings is 1. The van der Waals surface area contributed by atoms with Gasteiger partial charge in [-0.1, -0.05) is 18.2 Å². The maximum atomic E-state index is 12.3. The third-order valence-corrected chi connectivity index (χ3v) is 3.99. The van der Waals surface area contributed by atoms with Crippen molar-refractivity contribution in [1.29, 1.82) is 0 Å². The quantitative estimate of drug-likeness (QED) is 0.707. The molecule has 0 saturated carbocycles. The van der Waals surface area contributed by atoms with Crippen LogP contribution in [0.25, 0.3) is 11.0 Å². The second kappa shape index (κ2) is 6.62. The predicted molar refractivity (Wildman–Crippen MR) is 97.2 cm³/mol. The molecule has 0 unspecified atom stereocenters. The molecule has 0 aliphatic heterocycles. The number of amides is 1. The molecule has 1 amide bonds. The van der Waals surface area contributed by atoms with E-state index in [0.717, 1.165) is 17.0 Å². The van der Waals surface area contributed by atoms with E-state index in [1.54, 1.807) is 4.90 Å². The van der Waals surface area contributed by atoms with Crippen LogP contribution in [0.5, 0.6) is 0 Å². The van der Waals surface area contributed by atoms with E-state index in [9.17, 15) is 4.79 Å². The van der Waals surface area contributed by atoms with Crippen LogP contribution in [0, 0.1) is 0 Å². The number of aromatic amines is 1. The molecule has 24 heavy (non-hydrogen) atoms. The maximum absolute atomic E-state index is 12.3. The first kappa shape index (κ1) is 15.9. The number of nitrogens with two attached hydrogens (primary N) is 1. The summed E-state index contributed by atoms with van der Waals surface area (Å²) in [5.74, 6) is 0.775. The summed E-state index contributed by atoms with van der Waals surface area (Å²) in [4.78, 5) is 23.9. The molecule has 0 aliphatic rings. The Morgan fingerprint density at radius 2 is 1.88 bits per heavy atom. The second-order valence-electron chi connectivity index (χ2n) is 5.85. The van der Waals surface area contributed by atoms with Crippen molar-refractivity contribution in [3.8, 4) is 0 Å².